The van der Waals surface area contributed by atoms with Gasteiger partial charge in [0.15, 0.2) is 11.5 Å². The lowest BCUT2D eigenvalue weighted by Crippen LogP contribution is -2.50. The van der Waals surface area contributed by atoms with Gasteiger partial charge in [0.25, 0.3) is 5.79 Å². The van der Waals surface area contributed by atoms with Crippen LogP contribution in [-0.4, -0.2) is 31.2 Å². The lowest BCUT2D eigenvalue weighted by Gasteiger charge is -2.36. The highest BCUT2D eigenvalue weighted by Crippen LogP contribution is 2.41. The average Bonchev–Trinajstić information content (AvgIpc) is 2.43. The Morgan fingerprint density at radius 2 is 2.00 bits per heavy atom. The van der Waals surface area contributed by atoms with Crippen LogP contribution in [0, 0.1) is 0 Å². The largest absolute Gasteiger partial charge is 0.491 e. The molecule has 1 N–H and O–H groups in total. The van der Waals surface area contributed by atoms with Gasteiger partial charge < -0.3 is 19.3 Å². The van der Waals surface area contributed by atoms with Crippen LogP contribution >= 0.6 is 23.2 Å². The van der Waals surface area contributed by atoms with Crippen LogP contribution < -0.4 is 9.47 Å². The van der Waals surface area contributed by atoms with Crippen LogP contribution in [0.4, 0.5) is 0 Å². The normalized spacial score (nSPS) is 25.2. The molecule has 0 aromatic heterocycles. The van der Waals surface area contributed by atoms with Crippen molar-refractivity contribution in [3.05, 3.63) is 46.5 Å². The van der Waals surface area contributed by atoms with Crippen molar-refractivity contribution in [1.82, 2.24) is 0 Å². The molecule has 108 valence electrons. The zero-order valence-corrected chi connectivity index (χ0v) is 12.5. The van der Waals surface area contributed by atoms with Crippen LogP contribution in [0.3, 0.4) is 0 Å². The van der Waals surface area contributed by atoms with E-state index in [2.05, 4.69) is 0 Å². The molecule has 0 radical (unpaired) electrons. The minimum absolute atomic E-state index is 0.219. The van der Waals surface area contributed by atoms with E-state index in [0.29, 0.717) is 16.5 Å². The molecule has 6 heteroatoms. The molecule has 1 aliphatic carbocycles. The van der Waals surface area contributed by atoms with Gasteiger partial charge in [0, 0.05) is 7.11 Å². The summed E-state index contributed by atoms with van der Waals surface area (Å²) in [6.45, 7) is 0. The first-order valence-corrected chi connectivity index (χ1v) is 6.60. The number of allylic oxidation sites excluding steroid dienone is 2. The predicted octanol–water partition coefficient (Wildman–Crippen LogP) is 3.12. The molecule has 2 atom stereocenters. The Hall–Kier alpha value is -1.20. The van der Waals surface area contributed by atoms with E-state index >= 15 is 0 Å². The number of aliphatic hydroxyl groups excluding tert-OH is 1. The fraction of sp³-hybridized carbons (Fsp3) is 0.286. The number of benzene rings is 1. The smallest absolute Gasteiger partial charge is 0.277 e. The maximum atomic E-state index is 10.1. The Morgan fingerprint density at radius 1 is 1.25 bits per heavy atom. The third-order valence-electron chi connectivity index (χ3n) is 2.96. The molecule has 2 rings (SSSR count). The van der Waals surface area contributed by atoms with Gasteiger partial charge in [-0.2, -0.15) is 0 Å². The maximum Gasteiger partial charge on any atom is 0.277 e. The van der Waals surface area contributed by atoms with Gasteiger partial charge in [0.1, 0.15) is 6.10 Å². The van der Waals surface area contributed by atoms with E-state index in [0.717, 1.165) is 0 Å². The third-order valence-corrected chi connectivity index (χ3v) is 3.65. The number of rotatable bonds is 4. The van der Waals surface area contributed by atoms with E-state index < -0.39 is 11.9 Å². The number of para-hydroxylation sites is 1. The van der Waals surface area contributed by atoms with Gasteiger partial charge >= 0.3 is 0 Å². The highest BCUT2D eigenvalue weighted by atomic mass is 35.5. The summed E-state index contributed by atoms with van der Waals surface area (Å²) in [6.07, 6.45) is 3.68. The van der Waals surface area contributed by atoms with E-state index in [4.69, 9.17) is 37.4 Å². The summed E-state index contributed by atoms with van der Waals surface area (Å²) in [4.78, 5) is 0. The number of methoxy groups -OCH3 is 2. The van der Waals surface area contributed by atoms with E-state index in [1.165, 1.54) is 20.3 Å². The molecule has 1 aliphatic rings. The fourth-order valence-electron chi connectivity index (χ4n) is 1.93. The standard InChI is InChI=1S/C14H14Cl2O4/c1-18-13-9(15)5-3-6-10(13)20-14(19-2)11(16)7-4-8-12(14)17/h3-8,12,17H,1-2H3. The zero-order chi connectivity index (χ0) is 14.8. The van der Waals surface area contributed by atoms with E-state index in [1.54, 1.807) is 30.4 Å². The summed E-state index contributed by atoms with van der Waals surface area (Å²) in [7, 11) is 2.87. The molecule has 4 nitrogen and oxygen atoms in total. The summed E-state index contributed by atoms with van der Waals surface area (Å²) < 4.78 is 16.3. The highest BCUT2D eigenvalue weighted by molar-refractivity contribution is 6.32. The minimum atomic E-state index is -1.52. The van der Waals surface area contributed by atoms with Crippen molar-refractivity contribution in [3.8, 4) is 11.5 Å². The van der Waals surface area contributed by atoms with Crippen molar-refractivity contribution < 1.29 is 19.3 Å². The molecule has 0 saturated carbocycles. The lowest BCUT2D eigenvalue weighted by molar-refractivity contribution is -0.180. The number of aliphatic hydroxyl groups is 1. The topological polar surface area (TPSA) is 47.9 Å². The SMILES string of the molecule is COc1c(Cl)cccc1OC1(OC)C(Cl)=CC=CC1O. The highest BCUT2D eigenvalue weighted by Gasteiger charge is 2.45. The van der Waals surface area contributed by atoms with E-state index in [1.807, 2.05) is 0 Å². The molecule has 0 fully saturated rings. The number of halogens is 2. The number of hydrogen-bond acceptors (Lipinski definition) is 4. The second-order valence-electron chi connectivity index (χ2n) is 4.09. The van der Waals surface area contributed by atoms with Crippen LogP contribution in [0.5, 0.6) is 11.5 Å². The molecule has 2 unspecified atom stereocenters. The van der Waals surface area contributed by atoms with Gasteiger partial charge in [-0.1, -0.05) is 35.3 Å². The molecular weight excluding hydrogens is 303 g/mol. The van der Waals surface area contributed by atoms with Crippen molar-refractivity contribution in [2.75, 3.05) is 14.2 Å². The maximum absolute atomic E-state index is 10.1. The summed E-state index contributed by atoms with van der Waals surface area (Å²) in [6, 6.07) is 5.02. The van der Waals surface area contributed by atoms with Crippen LogP contribution in [0.1, 0.15) is 0 Å². The fourth-order valence-corrected chi connectivity index (χ4v) is 2.47. The Morgan fingerprint density at radius 3 is 2.60 bits per heavy atom. The molecule has 0 bridgehead atoms. The monoisotopic (exact) mass is 316 g/mol. The van der Waals surface area contributed by atoms with Crippen LogP contribution in [0.25, 0.3) is 0 Å². The molecule has 1 aromatic carbocycles. The zero-order valence-electron chi connectivity index (χ0n) is 11.0. The second-order valence-corrected chi connectivity index (χ2v) is 4.90. The van der Waals surface area contributed by atoms with Crippen LogP contribution in [0.15, 0.2) is 41.5 Å². The van der Waals surface area contributed by atoms with Crippen molar-refractivity contribution in [2.45, 2.75) is 11.9 Å². The molecule has 1 aromatic rings. The van der Waals surface area contributed by atoms with Gasteiger partial charge in [-0.25, -0.2) is 0 Å². The van der Waals surface area contributed by atoms with Gasteiger partial charge in [0.05, 0.1) is 17.2 Å². The Balaban J connectivity index is 2.43. The Labute approximate surface area is 127 Å². The molecule has 0 heterocycles. The Bertz CT molecular complexity index is 556. The molecule has 0 spiro atoms. The van der Waals surface area contributed by atoms with Gasteiger partial charge in [-0.05, 0) is 24.3 Å². The van der Waals surface area contributed by atoms with Gasteiger partial charge in [-0.3, -0.25) is 0 Å². The molecule has 0 saturated heterocycles. The quantitative estimate of drug-likeness (QED) is 0.867. The first-order valence-electron chi connectivity index (χ1n) is 5.84. The first kappa shape index (κ1) is 15.2. The number of ether oxygens (including phenoxy) is 3. The summed E-state index contributed by atoms with van der Waals surface area (Å²) in [5.41, 5.74) is 0. The van der Waals surface area contributed by atoms with Gasteiger partial charge in [0.2, 0.25) is 0 Å². The van der Waals surface area contributed by atoms with E-state index in [-0.39, 0.29) is 5.03 Å². The lowest BCUT2D eigenvalue weighted by atomic mass is 10.0. The predicted molar refractivity (Wildman–Crippen MR) is 77.5 cm³/mol. The summed E-state index contributed by atoms with van der Waals surface area (Å²) in [5, 5.41) is 10.8. The van der Waals surface area contributed by atoms with Crippen molar-refractivity contribution in [3.63, 3.8) is 0 Å². The molecule has 20 heavy (non-hydrogen) atoms. The Kier molecular flexibility index (Phi) is 4.60. The minimum Gasteiger partial charge on any atom is -0.491 e. The van der Waals surface area contributed by atoms with Crippen LogP contribution in [0.2, 0.25) is 5.02 Å². The van der Waals surface area contributed by atoms with Crippen molar-refractivity contribution in [2.24, 2.45) is 0 Å². The molecule has 0 amide bonds. The summed E-state index contributed by atoms with van der Waals surface area (Å²) in [5.74, 6) is -0.853. The molecule has 0 aliphatic heterocycles. The third kappa shape index (κ3) is 2.52. The second kappa shape index (κ2) is 6.06. The van der Waals surface area contributed by atoms with E-state index in [9.17, 15) is 5.11 Å². The average molecular weight is 317 g/mol. The number of hydrogen-bond donors (Lipinski definition) is 1. The van der Waals surface area contributed by atoms with Gasteiger partial charge in [-0.15, -0.1) is 0 Å². The summed E-state index contributed by atoms with van der Waals surface area (Å²) >= 11 is 12.2. The van der Waals surface area contributed by atoms with Crippen molar-refractivity contribution >= 4 is 23.2 Å². The van der Waals surface area contributed by atoms with Crippen molar-refractivity contribution in [1.29, 1.82) is 0 Å². The molecular formula is C14H14Cl2O4. The first-order chi connectivity index (χ1) is 9.55. The van der Waals surface area contributed by atoms with Crippen LogP contribution in [-0.2, 0) is 4.74 Å².